The zero-order valence-electron chi connectivity index (χ0n) is 53.8. The monoisotopic (exact) mass is 1130 g/mol. The number of unbranched alkanes of at least 4 members (excludes halogenated alkanes) is 39. The smallest absolute Gasteiger partial charge is 0.306 e. The normalized spacial score (nSPS) is 12.6. The predicted molar refractivity (Wildman–Crippen MR) is 353 cm³/mol. The zero-order valence-corrected chi connectivity index (χ0v) is 53.8. The maximum Gasteiger partial charge on any atom is 0.306 e. The van der Waals surface area contributed by atoms with Crippen LogP contribution >= 0.6 is 0 Å². The van der Waals surface area contributed by atoms with Crippen LogP contribution in [-0.4, -0.2) is 37.2 Å². The molecule has 0 radical (unpaired) electrons. The van der Waals surface area contributed by atoms with E-state index >= 15 is 0 Å². The van der Waals surface area contributed by atoms with Crippen molar-refractivity contribution in [1.29, 1.82) is 0 Å². The molecule has 1 atom stereocenters. The third-order valence-corrected chi connectivity index (χ3v) is 15.4. The minimum Gasteiger partial charge on any atom is -0.462 e. The largest absolute Gasteiger partial charge is 0.462 e. The van der Waals surface area contributed by atoms with Gasteiger partial charge in [-0.3, -0.25) is 14.4 Å². The van der Waals surface area contributed by atoms with E-state index < -0.39 is 6.10 Å². The van der Waals surface area contributed by atoms with Crippen molar-refractivity contribution >= 4 is 17.9 Å². The molecule has 6 heteroatoms. The van der Waals surface area contributed by atoms with E-state index in [4.69, 9.17) is 14.2 Å². The summed E-state index contributed by atoms with van der Waals surface area (Å²) in [6.45, 7) is 6.58. The Morgan fingerprint density at radius 2 is 0.481 bits per heavy atom. The Hall–Kier alpha value is -3.41. The second-order valence-corrected chi connectivity index (χ2v) is 23.4. The van der Waals surface area contributed by atoms with Gasteiger partial charge >= 0.3 is 17.9 Å². The van der Waals surface area contributed by atoms with Gasteiger partial charge in [0.1, 0.15) is 13.2 Å². The molecule has 0 aromatic heterocycles. The van der Waals surface area contributed by atoms with E-state index in [1.165, 1.54) is 212 Å². The lowest BCUT2D eigenvalue weighted by Crippen LogP contribution is -2.30. The van der Waals surface area contributed by atoms with Crippen molar-refractivity contribution in [2.75, 3.05) is 13.2 Å². The summed E-state index contributed by atoms with van der Waals surface area (Å²) < 4.78 is 17.0. The maximum atomic E-state index is 12.9. The van der Waals surface area contributed by atoms with Gasteiger partial charge < -0.3 is 14.2 Å². The van der Waals surface area contributed by atoms with Crippen LogP contribution in [0.2, 0.25) is 0 Å². The molecule has 0 N–H and O–H groups in total. The van der Waals surface area contributed by atoms with E-state index in [0.717, 1.165) is 103 Å². The van der Waals surface area contributed by atoms with E-state index in [2.05, 4.69) is 106 Å². The summed E-state index contributed by atoms with van der Waals surface area (Å²) in [7, 11) is 0. The van der Waals surface area contributed by atoms with Crippen molar-refractivity contribution in [3.05, 3.63) is 85.1 Å². The molecule has 0 rings (SSSR count). The topological polar surface area (TPSA) is 78.9 Å². The van der Waals surface area contributed by atoms with Crippen molar-refractivity contribution in [1.82, 2.24) is 0 Å². The molecule has 0 amide bonds. The van der Waals surface area contributed by atoms with E-state index in [1.807, 2.05) is 0 Å². The maximum absolute atomic E-state index is 12.9. The molecule has 0 heterocycles. The highest BCUT2D eigenvalue weighted by molar-refractivity contribution is 5.71. The van der Waals surface area contributed by atoms with Gasteiger partial charge in [-0.1, -0.05) is 343 Å². The Balaban J connectivity index is 4.21. The molecule has 0 aliphatic rings. The molecule has 0 aromatic carbocycles. The molecule has 1 unspecified atom stereocenters. The first-order valence-electron chi connectivity index (χ1n) is 35.1. The van der Waals surface area contributed by atoms with E-state index in [1.54, 1.807) is 0 Å². The summed E-state index contributed by atoms with van der Waals surface area (Å²) >= 11 is 0. The van der Waals surface area contributed by atoms with Crippen LogP contribution in [0.5, 0.6) is 0 Å². The molecule has 0 bridgehead atoms. The Bertz CT molecular complexity index is 1530. The third kappa shape index (κ3) is 67.3. The highest BCUT2D eigenvalue weighted by Gasteiger charge is 2.19. The lowest BCUT2D eigenvalue weighted by molar-refractivity contribution is -0.167. The average Bonchev–Trinajstić information content (AvgIpc) is 3.47. The molecule has 0 fully saturated rings. The molecular formula is C75H132O6. The van der Waals surface area contributed by atoms with Crippen molar-refractivity contribution < 1.29 is 28.6 Å². The summed E-state index contributed by atoms with van der Waals surface area (Å²) in [5, 5.41) is 0. The zero-order chi connectivity index (χ0) is 58.5. The fourth-order valence-electron chi connectivity index (χ4n) is 10.2. The number of carbonyl (C=O) groups is 3. The van der Waals surface area contributed by atoms with Gasteiger partial charge in [-0.25, -0.2) is 0 Å². The van der Waals surface area contributed by atoms with Crippen LogP contribution in [-0.2, 0) is 28.6 Å². The highest BCUT2D eigenvalue weighted by atomic mass is 16.6. The van der Waals surface area contributed by atoms with Gasteiger partial charge in [-0.2, -0.15) is 0 Å². The van der Waals surface area contributed by atoms with Gasteiger partial charge in [0.25, 0.3) is 0 Å². The highest BCUT2D eigenvalue weighted by Crippen LogP contribution is 2.18. The number of rotatable bonds is 64. The molecule has 0 spiro atoms. The first-order chi connectivity index (χ1) is 40.0. The summed E-state index contributed by atoms with van der Waals surface area (Å²) in [5.41, 5.74) is 0. The Morgan fingerprint density at radius 3 is 0.753 bits per heavy atom. The Kier molecular flexibility index (Phi) is 66.2. The molecular weight excluding hydrogens is 997 g/mol. The van der Waals surface area contributed by atoms with Gasteiger partial charge in [0.2, 0.25) is 0 Å². The predicted octanol–water partition coefficient (Wildman–Crippen LogP) is 24.2. The van der Waals surface area contributed by atoms with Crippen LogP contribution in [0, 0.1) is 0 Å². The summed E-state index contributed by atoms with van der Waals surface area (Å²) in [5.74, 6) is -0.852. The fraction of sp³-hybridized carbons (Fsp3) is 0.773. The summed E-state index contributed by atoms with van der Waals surface area (Å²) in [4.78, 5) is 38.4. The second kappa shape index (κ2) is 69.1. The number of carbonyl (C=O) groups excluding carboxylic acids is 3. The van der Waals surface area contributed by atoms with Gasteiger partial charge in [0.05, 0.1) is 0 Å². The molecule has 0 aromatic rings. The molecule has 0 saturated heterocycles. The lowest BCUT2D eigenvalue weighted by atomic mass is 10.0. The average molecular weight is 1130 g/mol. The first-order valence-corrected chi connectivity index (χ1v) is 35.1. The van der Waals surface area contributed by atoms with E-state index in [0.29, 0.717) is 19.3 Å². The standard InChI is InChI=1S/C75H132O6/c1-4-7-10-13-16-19-22-25-28-30-31-32-33-34-35-36-37-38-39-40-41-42-43-44-45-46-48-50-53-56-59-62-65-68-74(77)80-71-72(70-79-73(76)67-64-61-58-55-52-49-27-24-21-18-15-12-9-6-3)81-75(78)69-66-63-60-57-54-51-47-29-26-23-20-17-14-11-8-5-2/h7,10,16,19,25,28,31-32,34-35,37-38,40-41,72H,4-6,8-9,11-15,17-18,20-24,26-27,29-30,33,36,39,42-71H2,1-3H3/b10-7-,19-16-,28-25-,32-31-,35-34-,38-37-,41-40-. The number of ether oxygens (including phenoxy) is 3. The van der Waals surface area contributed by atoms with Crippen LogP contribution in [0.15, 0.2) is 85.1 Å². The van der Waals surface area contributed by atoms with Gasteiger partial charge in [0, 0.05) is 19.3 Å². The quantitative estimate of drug-likeness (QED) is 0.0261. The third-order valence-electron chi connectivity index (χ3n) is 15.4. The van der Waals surface area contributed by atoms with E-state index in [-0.39, 0.29) is 31.1 Å². The number of allylic oxidation sites excluding steroid dienone is 14. The van der Waals surface area contributed by atoms with Gasteiger partial charge in [0.15, 0.2) is 6.10 Å². The van der Waals surface area contributed by atoms with Crippen LogP contribution in [0.3, 0.4) is 0 Å². The number of hydrogen-bond acceptors (Lipinski definition) is 6. The van der Waals surface area contributed by atoms with Crippen molar-refractivity contribution in [2.45, 2.75) is 361 Å². The minimum atomic E-state index is -0.774. The fourth-order valence-corrected chi connectivity index (χ4v) is 10.2. The van der Waals surface area contributed by atoms with Crippen molar-refractivity contribution in [2.24, 2.45) is 0 Å². The van der Waals surface area contributed by atoms with Crippen molar-refractivity contribution in [3.63, 3.8) is 0 Å². The van der Waals surface area contributed by atoms with Gasteiger partial charge in [-0.15, -0.1) is 0 Å². The number of esters is 3. The Labute approximate surface area is 503 Å². The van der Waals surface area contributed by atoms with Gasteiger partial charge in [-0.05, 0) is 77.0 Å². The Morgan fingerprint density at radius 1 is 0.259 bits per heavy atom. The van der Waals surface area contributed by atoms with Crippen LogP contribution < -0.4 is 0 Å². The molecule has 468 valence electrons. The summed E-state index contributed by atoms with van der Waals surface area (Å²) in [6.07, 6.45) is 91.7. The first kappa shape index (κ1) is 77.6. The SMILES string of the molecule is CC/C=C\C/C=C\C/C=C\C/C=C\C/C=C\C/C=C\C/C=C\CCCCCCCCCCCCCC(=O)OCC(COC(=O)CCCCCCCCCCCCCCCC)OC(=O)CCCCCCCCCCCCCCCCCC. The minimum absolute atomic E-state index is 0.0704. The molecule has 81 heavy (non-hydrogen) atoms. The van der Waals surface area contributed by atoms with Crippen LogP contribution in [0.25, 0.3) is 0 Å². The molecule has 0 aliphatic carbocycles. The van der Waals surface area contributed by atoms with E-state index in [9.17, 15) is 14.4 Å². The molecule has 0 aliphatic heterocycles. The molecule has 6 nitrogen and oxygen atoms in total. The lowest BCUT2D eigenvalue weighted by Gasteiger charge is -2.18. The van der Waals surface area contributed by atoms with Crippen LogP contribution in [0.4, 0.5) is 0 Å². The van der Waals surface area contributed by atoms with Crippen LogP contribution in [0.1, 0.15) is 355 Å². The number of hydrogen-bond donors (Lipinski definition) is 0. The molecule has 0 saturated carbocycles. The second-order valence-electron chi connectivity index (χ2n) is 23.4. The summed E-state index contributed by atoms with van der Waals surface area (Å²) in [6, 6.07) is 0. The van der Waals surface area contributed by atoms with Crippen molar-refractivity contribution in [3.8, 4) is 0 Å².